The van der Waals surface area contributed by atoms with E-state index >= 15 is 0 Å². The predicted octanol–water partition coefficient (Wildman–Crippen LogP) is 8.51. The number of phenols is 2. The quantitative estimate of drug-likeness (QED) is 0.289. The van der Waals surface area contributed by atoms with Gasteiger partial charge in [0.1, 0.15) is 11.5 Å². The van der Waals surface area contributed by atoms with Crippen LogP contribution in [0.25, 0.3) is 0 Å². The van der Waals surface area contributed by atoms with Gasteiger partial charge in [0.15, 0.2) is 0 Å². The van der Waals surface area contributed by atoms with Gasteiger partial charge in [0, 0.05) is 21.2 Å². The molecule has 0 saturated carbocycles. The summed E-state index contributed by atoms with van der Waals surface area (Å²) in [7, 11) is 0. The summed E-state index contributed by atoms with van der Waals surface area (Å²) in [6, 6.07) is 14.0. The van der Waals surface area contributed by atoms with Crippen molar-refractivity contribution in [3.05, 3.63) is 81.7 Å². The summed E-state index contributed by atoms with van der Waals surface area (Å²) in [5, 5.41) is 20.4. The van der Waals surface area contributed by atoms with Crippen LogP contribution in [0.3, 0.4) is 0 Å². The Labute approximate surface area is 231 Å². The van der Waals surface area contributed by atoms with Crippen LogP contribution in [0.5, 0.6) is 11.5 Å². The van der Waals surface area contributed by atoms with Crippen LogP contribution in [0.15, 0.2) is 59.2 Å². The number of furan rings is 1. The van der Waals surface area contributed by atoms with Crippen molar-refractivity contribution >= 4 is 52.3 Å². The molecule has 0 unspecified atom stereocenters. The van der Waals surface area contributed by atoms with Crippen LogP contribution in [-0.4, -0.2) is 14.5 Å². The molecule has 0 aliphatic rings. The third-order valence-electron chi connectivity index (χ3n) is 4.22. The van der Waals surface area contributed by atoms with Crippen LogP contribution >= 0.6 is 48.0 Å². The Bertz CT molecular complexity index is 915. The molecular formula is C25H32Cl4O3Ti. The van der Waals surface area contributed by atoms with Crippen LogP contribution in [-0.2, 0) is 30.8 Å². The van der Waals surface area contributed by atoms with Crippen molar-refractivity contribution in [1.82, 2.24) is 0 Å². The number of benzene rings is 2. The number of hydrogen-bond donors (Lipinski definition) is 2. The van der Waals surface area contributed by atoms with Crippen molar-refractivity contribution in [3.8, 4) is 11.5 Å². The summed E-state index contributed by atoms with van der Waals surface area (Å²) in [6.07, 6.45) is 1.66. The normalized spacial score (nSPS) is 10.3. The van der Waals surface area contributed by atoms with Crippen molar-refractivity contribution in [2.45, 2.75) is 52.4 Å². The molecule has 2 aromatic carbocycles. The van der Waals surface area contributed by atoms with Crippen molar-refractivity contribution < 1.29 is 34.6 Å². The zero-order valence-electron chi connectivity index (χ0n) is 19.6. The second kappa shape index (κ2) is 15.1. The average molecular weight is 570 g/mol. The summed E-state index contributed by atoms with van der Waals surface area (Å²) in [4.78, 5) is 0. The minimum atomic E-state index is -0.0605. The van der Waals surface area contributed by atoms with E-state index in [1.807, 2.05) is 78.0 Å². The molecule has 0 bridgehead atoms. The minimum absolute atomic E-state index is 0. The Morgan fingerprint density at radius 3 is 1.36 bits per heavy atom. The molecule has 182 valence electrons. The summed E-state index contributed by atoms with van der Waals surface area (Å²) in [5.74, 6) is 1.55. The van der Waals surface area contributed by atoms with Gasteiger partial charge < -0.3 is 10.2 Å². The van der Waals surface area contributed by atoms with Crippen LogP contribution in [0.2, 0.25) is 10.0 Å². The van der Waals surface area contributed by atoms with E-state index in [0.29, 0.717) is 21.5 Å². The number of halogens is 4. The van der Waals surface area contributed by atoms with Gasteiger partial charge in [0.25, 0.3) is 0 Å². The molecule has 0 radical (unpaired) electrons. The second-order valence-corrected chi connectivity index (χ2v) is 10.3. The fourth-order valence-corrected chi connectivity index (χ4v) is 3.19. The van der Waals surface area contributed by atoms with E-state index < -0.39 is 0 Å². The van der Waals surface area contributed by atoms with E-state index in [2.05, 4.69) is 0 Å². The molecule has 0 fully saturated rings. The van der Waals surface area contributed by atoms with E-state index in [1.165, 1.54) is 0 Å². The zero-order chi connectivity index (χ0) is 23.8. The molecule has 0 aliphatic carbocycles. The number of hydrogen-bond acceptors (Lipinski definition) is 3. The molecular weight excluding hydrogens is 538 g/mol. The molecule has 0 aliphatic heterocycles. The number of rotatable bonds is 1. The summed E-state index contributed by atoms with van der Waals surface area (Å²) in [5.41, 5.74) is 1.65. The molecule has 33 heavy (non-hydrogen) atoms. The molecule has 3 aromatic rings. The van der Waals surface area contributed by atoms with Crippen LogP contribution in [0.4, 0.5) is 0 Å². The van der Waals surface area contributed by atoms with Gasteiger partial charge >= 0.3 is 52.9 Å². The first kappa shape index (κ1) is 34.2. The van der Waals surface area contributed by atoms with E-state index in [1.54, 1.807) is 42.7 Å². The molecule has 3 rings (SSSR count). The molecule has 0 amide bonds. The van der Waals surface area contributed by atoms with Crippen molar-refractivity contribution in [2.24, 2.45) is 0 Å². The zero-order valence-corrected chi connectivity index (χ0v) is 24.4. The van der Waals surface area contributed by atoms with Crippen LogP contribution in [0.1, 0.15) is 58.4 Å². The monoisotopic (exact) mass is 568 g/mol. The molecule has 1 heterocycles. The third-order valence-corrected chi connectivity index (χ3v) is 5.13. The molecule has 8 heteroatoms. The molecule has 0 spiro atoms. The van der Waals surface area contributed by atoms with Gasteiger partial charge in [-0.05, 0) is 47.2 Å². The maximum absolute atomic E-state index is 9.51. The standard InChI is InChI=1S/2C10H13ClO.C5H4O.2ClH.Ti/c2*1-10(2,3)8-6-7(11)4-5-9(8)12;1-5-3-2-4-6-5;;;/h2*4-6,12H,1-3H3;1-4H;2*1H;. The fraction of sp³-hybridized carbons (Fsp3) is 0.320. The third kappa shape index (κ3) is 12.4. The van der Waals surface area contributed by atoms with Gasteiger partial charge in [-0.2, -0.15) is 0 Å². The first-order chi connectivity index (χ1) is 14.3. The van der Waals surface area contributed by atoms with Gasteiger partial charge in [0.2, 0.25) is 0 Å². The average Bonchev–Trinajstić information content (AvgIpc) is 3.19. The summed E-state index contributed by atoms with van der Waals surface area (Å²) in [6.45, 7) is 12.2. The second-order valence-electron chi connectivity index (χ2n) is 8.98. The SMILES string of the molecule is CC(C)(C)c1cc(Cl)ccc1O.CC(C)(C)c1cc(Cl)ccc1O.Cl.Cl.[Ti]=[CH]c1ccco1. The van der Waals surface area contributed by atoms with Gasteiger partial charge in [-0.3, -0.25) is 0 Å². The van der Waals surface area contributed by atoms with Gasteiger partial charge in [-0.15, -0.1) is 24.8 Å². The van der Waals surface area contributed by atoms with Crippen LogP contribution in [0, 0.1) is 0 Å². The van der Waals surface area contributed by atoms with E-state index in [9.17, 15) is 10.2 Å². The Balaban J connectivity index is 0. The van der Waals surface area contributed by atoms with E-state index in [0.717, 1.165) is 16.9 Å². The van der Waals surface area contributed by atoms with E-state index in [-0.39, 0.29) is 35.6 Å². The van der Waals surface area contributed by atoms with Crippen molar-refractivity contribution in [2.75, 3.05) is 0 Å². The van der Waals surface area contributed by atoms with Crippen LogP contribution < -0.4 is 0 Å². The summed E-state index contributed by atoms with van der Waals surface area (Å²) < 4.78 is 6.84. The Kier molecular flexibility index (Phi) is 15.7. The topological polar surface area (TPSA) is 53.6 Å². The Morgan fingerprint density at radius 2 is 1.15 bits per heavy atom. The predicted molar refractivity (Wildman–Crippen MR) is 142 cm³/mol. The molecule has 2 N–H and O–H groups in total. The first-order valence-electron chi connectivity index (χ1n) is 9.77. The van der Waals surface area contributed by atoms with Crippen molar-refractivity contribution in [3.63, 3.8) is 0 Å². The van der Waals surface area contributed by atoms with Gasteiger partial charge in [0.05, 0.1) is 0 Å². The van der Waals surface area contributed by atoms with Gasteiger partial charge in [-0.25, -0.2) is 0 Å². The number of phenolic OH excluding ortho intramolecular Hbond substituents is 2. The van der Waals surface area contributed by atoms with E-state index in [4.69, 9.17) is 27.6 Å². The summed E-state index contributed by atoms with van der Waals surface area (Å²) >= 11 is 13.6. The van der Waals surface area contributed by atoms with Crippen molar-refractivity contribution in [1.29, 1.82) is 0 Å². The molecule has 0 saturated heterocycles. The molecule has 1 aromatic heterocycles. The number of aromatic hydroxyl groups is 2. The van der Waals surface area contributed by atoms with Gasteiger partial charge in [-0.1, -0.05) is 64.7 Å². The maximum atomic E-state index is 9.51. The Morgan fingerprint density at radius 1 is 0.758 bits per heavy atom. The fourth-order valence-electron chi connectivity index (χ4n) is 2.59. The molecule has 0 atom stereocenters. The molecule has 3 nitrogen and oxygen atoms in total. The first-order valence-corrected chi connectivity index (χ1v) is 11.4. The Hall–Kier alpha value is -0.936.